The van der Waals surface area contributed by atoms with E-state index in [1.165, 1.54) is 12.8 Å². The van der Waals surface area contributed by atoms with Crippen molar-refractivity contribution in [2.45, 2.75) is 58.3 Å². The van der Waals surface area contributed by atoms with Crippen LogP contribution in [0.1, 0.15) is 63.9 Å². The summed E-state index contributed by atoms with van der Waals surface area (Å²) in [6, 6.07) is 3.28. The van der Waals surface area contributed by atoms with Gasteiger partial charge in [0.15, 0.2) is 11.6 Å². The lowest BCUT2D eigenvalue weighted by atomic mass is 9.78. The van der Waals surface area contributed by atoms with Crippen LogP contribution < -0.4 is 4.74 Å². The molecule has 2 aliphatic rings. The number of ether oxygens (including phenoxy) is 1. The molecule has 2 aliphatic carbocycles. The zero-order valence-corrected chi connectivity index (χ0v) is 15.9. The van der Waals surface area contributed by atoms with E-state index in [-0.39, 0.29) is 11.7 Å². The summed E-state index contributed by atoms with van der Waals surface area (Å²) in [5, 5.41) is 0. The molecule has 142 valence electrons. The number of benzene rings is 1. The molecule has 3 rings (SSSR count). The molecule has 3 heteroatoms. The van der Waals surface area contributed by atoms with Gasteiger partial charge in [0.2, 0.25) is 5.82 Å². The standard InChI is InChI=1S/C23H30F2O/c1-3-26-21-15-14-20(22(24)23(21)25)19-12-10-18(11-13-19)9-8-17-6-4-16(2)5-7-17/h4,6,8-9,14-19H,3,5,7,10-13H2,1-2H3/b9-8+. The Balaban J connectivity index is 1.57. The second-order valence-electron chi connectivity index (χ2n) is 7.81. The zero-order valence-electron chi connectivity index (χ0n) is 15.9. The van der Waals surface area contributed by atoms with E-state index >= 15 is 0 Å². The lowest BCUT2D eigenvalue weighted by Crippen LogP contribution is -2.14. The molecule has 2 atom stereocenters. The molecule has 0 bridgehead atoms. The summed E-state index contributed by atoms with van der Waals surface area (Å²) in [7, 11) is 0. The van der Waals surface area contributed by atoms with Crippen molar-refractivity contribution < 1.29 is 13.5 Å². The first-order chi connectivity index (χ1) is 12.6. The van der Waals surface area contributed by atoms with Crippen LogP contribution in [0.15, 0.2) is 36.4 Å². The van der Waals surface area contributed by atoms with Gasteiger partial charge in [-0.3, -0.25) is 0 Å². The molecular formula is C23H30F2O. The van der Waals surface area contributed by atoms with Gasteiger partial charge in [-0.15, -0.1) is 0 Å². The van der Waals surface area contributed by atoms with E-state index in [4.69, 9.17) is 4.74 Å². The summed E-state index contributed by atoms with van der Waals surface area (Å²) in [4.78, 5) is 0. The zero-order chi connectivity index (χ0) is 18.5. The quantitative estimate of drug-likeness (QED) is 0.525. The van der Waals surface area contributed by atoms with Crippen LogP contribution in [-0.4, -0.2) is 6.61 Å². The van der Waals surface area contributed by atoms with Crippen LogP contribution in [0.2, 0.25) is 0 Å². The molecule has 1 aromatic carbocycles. The van der Waals surface area contributed by atoms with Gasteiger partial charge in [-0.1, -0.05) is 37.3 Å². The molecule has 1 aromatic rings. The highest BCUT2D eigenvalue weighted by atomic mass is 19.2. The monoisotopic (exact) mass is 360 g/mol. The highest BCUT2D eigenvalue weighted by Crippen LogP contribution is 2.39. The Labute approximate surface area is 156 Å². The second-order valence-corrected chi connectivity index (χ2v) is 7.81. The Morgan fingerprint density at radius 2 is 1.73 bits per heavy atom. The average Bonchev–Trinajstić information content (AvgIpc) is 2.66. The number of hydrogen-bond donors (Lipinski definition) is 0. The summed E-state index contributed by atoms with van der Waals surface area (Å²) in [6.07, 6.45) is 15.8. The van der Waals surface area contributed by atoms with E-state index in [2.05, 4.69) is 31.2 Å². The van der Waals surface area contributed by atoms with Crippen LogP contribution >= 0.6 is 0 Å². The van der Waals surface area contributed by atoms with E-state index in [0.29, 0.717) is 29.9 Å². The lowest BCUT2D eigenvalue weighted by molar-refractivity contribution is 0.310. The molecule has 0 aromatic heterocycles. The molecule has 1 fully saturated rings. The van der Waals surface area contributed by atoms with Crippen LogP contribution in [-0.2, 0) is 0 Å². The van der Waals surface area contributed by atoms with Gasteiger partial charge in [0.1, 0.15) is 0 Å². The molecule has 1 saturated carbocycles. The molecule has 0 amide bonds. The molecule has 0 aliphatic heterocycles. The minimum absolute atomic E-state index is 0.0141. The van der Waals surface area contributed by atoms with Crippen molar-refractivity contribution in [3.8, 4) is 5.75 Å². The third-order valence-electron chi connectivity index (χ3n) is 5.86. The van der Waals surface area contributed by atoms with Gasteiger partial charge in [-0.05, 0) is 80.8 Å². The summed E-state index contributed by atoms with van der Waals surface area (Å²) in [6.45, 7) is 4.37. The smallest absolute Gasteiger partial charge is 0.200 e. The van der Waals surface area contributed by atoms with Crippen molar-refractivity contribution in [3.05, 3.63) is 53.6 Å². The molecular weight excluding hydrogens is 330 g/mol. The first kappa shape index (κ1) is 19.1. The highest BCUT2D eigenvalue weighted by molar-refractivity contribution is 5.33. The van der Waals surface area contributed by atoms with Gasteiger partial charge in [0.25, 0.3) is 0 Å². The molecule has 26 heavy (non-hydrogen) atoms. The number of allylic oxidation sites excluding steroid dienone is 4. The van der Waals surface area contributed by atoms with Crippen LogP contribution in [0.25, 0.3) is 0 Å². The SMILES string of the molecule is CCOc1ccc(C2CCC(/C=C/C3C=CC(C)CC3)CC2)c(F)c1F. The minimum atomic E-state index is -0.843. The Kier molecular flexibility index (Phi) is 6.50. The van der Waals surface area contributed by atoms with Crippen molar-refractivity contribution in [2.24, 2.45) is 17.8 Å². The molecule has 0 spiro atoms. The van der Waals surface area contributed by atoms with Gasteiger partial charge >= 0.3 is 0 Å². The first-order valence-corrected chi connectivity index (χ1v) is 10.1. The van der Waals surface area contributed by atoms with E-state index < -0.39 is 11.6 Å². The third kappa shape index (κ3) is 4.55. The van der Waals surface area contributed by atoms with Crippen molar-refractivity contribution in [1.82, 2.24) is 0 Å². The number of hydrogen-bond acceptors (Lipinski definition) is 1. The largest absolute Gasteiger partial charge is 0.491 e. The summed E-state index contributed by atoms with van der Waals surface area (Å²) in [5.74, 6) is 0.400. The fourth-order valence-electron chi connectivity index (χ4n) is 4.19. The van der Waals surface area contributed by atoms with E-state index in [1.54, 1.807) is 19.1 Å². The van der Waals surface area contributed by atoms with Gasteiger partial charge in [-0.25, -0.2) is 4.39 Å². The fourth-order valence-corrected chi connectivity index (χ4v) is 4.19. The van der Waals surface area contributed by atoms with Gasteiger partial charge < -0.3 is 4.74 Å². The predicted octanol–water partition coefficient (Wildman–Crippen LogP) is 6.80. The number of rotatable bonds is 5. The Hall–Kier alpha value is -1.64. The molecule has 2 unspecified atom stereocenters. The fraction of sp³-hybridized carbons (Fsp3) is 0.565. The molecule has 0 N–H and O–H groups in total. The molecule has 1 nitrogen and oxygen atoms in total. The van der Waals surface area contributed by atoms with Crippen molar-refractivity contribution in [2.75, 3.05) is 6.61 Å². The number of halogens is 2. The van der Waals surface area contributed by atoms with Crippen molar-refractivity contribution >= 4 is 0 Å². The molecule has 0 saturated heterocycles. The Morgan fingerprint density at radius 3 is 2.38 bits per heavy atom. The summed E-state index contributed by atoms with van der Waals surface area (Å²) in [5.41, 5.74) is 0.512. The third-order valence-corrected chi connectivity index (χ3v) is 5.86. The first-order valence-electron chi connectivity index (χ1n) is 10.1. The maximum absolute atomic E-state index is 14.4. The molecule has 0 heterocycles. The van der Waals surface area contributed by atoms with Gasteiger partial charge in [0, 0.05) is 0 Å². The van der Waals surface area contributed by atoms with E-state index in [9.17, 15) is 8.78 Å². The van der Waals surface area contributed by atoms with Crippen LogP contribution in [0.4, 0.5) is 8.78 Å². The maximum atomic E-state index is 14.4. The van der Waals surface area contributed by atoms with Crippen molar-refractivity contribution in [3.63, 3.8) is 0 Å². The van der Waals surface area contributed by atoms with Gasteiger partial charge in [-0.2, -0.15) is 4.39 Å². The normalized spacial score (nSPS) is 29.2. The van der Waals surface area contributed by atoms with Crippen molar-refractivity contribution in [1.29, 1.82) is 0 Å². The predicted molar refractivity (Wildman–Crippen MR) is 102 cm³/mol. The van der Waals surface area contributed by atoms with Crippen LogP contribution in [0.3, 0.4) is 0 Å². The lowest BCUT2D eigenvalue weighted by Gasteiger charge is -2.28. The Morgan fingerprint density at radius 1 is 0.962 bits per heavy atom. The van der Waals surface area contributed by atoms with E-state index in [1.807, 2.05) is 0 Å². The summed E-state index contributed by atoms with van der Waals surface area (Å²) < 4.78 is 33.7. The average molecular weight is 360 g/mol. The van der Waals surface area contributed by atoms with Crippen LogP contribution in [0.5, 0.6) is 5.75 Å². The van der Waals surface area contributed by atoms with E-state index in [0.717, 1.165) is 25.7 Å². The molecule has 0 radical (unpaired) electrons. The summed E-state index contributed by atoms with van der Waals surface area (Å²) >= 11 is 0. The van der Waals surface area contributed by atoms with Gasteiger partial charge in [0.05, 0.1) is 6.61 Å². The van der Waals surface area contributed by atoms with Crippen LogP contribution in [0, 0.1) is 29.4 Å². The topological polar surface area (TPSA) is 9.23 Å². The minimum Gasteiger partial charge on any atom is -0.491 e. The maximum Gasteiger partial charge on any atom is 0.200 e. The Bertz CT molecular complexity index is 656. The highest BCUT2D eigenvalue weighted by Gasteiger charge is 2.26. The second kappa shape index (κ2) is 8.83.